The zero-order valence-electron chi connectivity index (χ0n) is 11.4. The molecule has 2 aromatic rings. The van der Waals surface area contributed by atoms with Gasteiger partial charge >= 0.3 is 0 Å². The smallest absolute Gasteiger partial charge is 0.0474 e. The van der Waals surface area contributed by atoms with Crippen molar-refractivity contribution in [3.05, 3.63) is 82.9 Å². The minimum Gasteiger partial charge on any atom is -0.122 e. The average Bonchev–Trinajstić information content (AvgIpc) is 2.53. The Morgan fingerprint density at radius 3 is 1.15 bits per heavy atom. The highest BCUT2D eigenvalue weighted by Gasteiger charge is 1.93. The Morgan fingerprint density at radius 2 is 0.850 bits per heavy atom. The Hall–Kier alpha value is -1.24. The lowest BCUT2D eigenvalue weighted by atomic mass is 10.1. The van der Waals surface area contributed by atoms with Crippen LogP contribution in [0.25, 0.3) is 0 Å². The van der Waals surface area contributed by atoms with Gasteiger partial charge in [-0.1, -0.05) is 60.7 Å². The third kappa shape index (κ3) is 4.70. The molecule has 0 aliphatic heterocycles. The summed E-state index contributed by atoms with van der Waals surface area (Å²) >= 11 is 11.5. The summed E-state index contributed by atoms with van der Waals surface area (Å²) in [5, 5.41) is 0. The normalized spacial score (nSPS) is 11.1. The van der Waals surface area contributed by atoms with Gasteiger partial charge in [-0.25, -0.2) is 0 Å². The van der Waals surface area contributed by atoms with Gasteiger partial charge in [0.1, 0.15) is 0 Å². The standard InChI is InChI=1S/C18H18Cl2/c19-13-17-9-5-15(6-10-17)3-1-2-4-16-7-11-18(14-20)12-8-16/h1-2,5-12H,3-4,13-14H2. The predicted octanol–water partition coefficient (Wildman–Crippen LogP) is 5.51. The second kappa shape index (κ2) is 8.14. The molecule has 0 unspecified atom stereocenters. The van der Waals surface area contributed by atoms with E-state index >= 15 is 0 Å². The fraction of sp³-hybridized carbons (Fsp3) is 0.222. The lowest BCUT2D eigenvalue weighted by Crippen LogP contribution is -1.85. The van der Waals surface area contributed by atoms with Crippen LogP contribution in [0.1, 0.15) is 22.3 Å². The van der Waals surface area contributed by atoms with Gasteiger partial charge in [0.25, 0.3) is 0 Å². The van der Waals surface area contributed by atoms with Crippen LogP contribution in [0.4, 0.5) is 0 Å². The van der Waals surface area contributed by atoms with Gasteiger partial charge in [0.05, 0.1) is 0 Å². The van der Waals surface area contributed by atoms with Crippen LogP contribution in [-0.4, -0.2) is 0 Å². The van der Waals surface area contributed by atoms with Gasteiger partial charge in [0.2, 0.25) is 0 Å². The summed E-state index contributed by atoms with van der Waals surface area (Å²) in [5.41, 5.74) is 4.96. The first-order valence-corrected chi connectivity index (χ1v) is 7.81. The van der Waals surface area contributed by atoms with Crippen LogP contribution in [0, 0.1) is 0 Å². The van der Waals surface area contributed by atoms with Crippen molar-refractivity contribution in [2.24, 2.45) is 0 Å². The lowest BCUT2D eigenvalue weighted by molar-refractivity contribution is 1.19. The minimum absolute atomic E-state index is 0.578. The molecule has 20 heavy (non-hydrogen) atoms. The first-order chi connectivity index (χ1) is 9.81. The Labute approximate surface area is 131 Å². The number of allylic oxidation sites excluding steroid dienone is 2. The molecule has 2 rings (SSSR count). The Kier molecular flexibility index (Phi) is 6.17. The molecule has 0 saturated carbocycles. The van der Waals surface area contributed by atoms with E-state index in [4.69, 9.17) is 23.2 Å². The van der Waals surface area contributed by atoms with Crippen molar-refractivity contribution < 1.29 is 0 Å². The molecule has 0 fully saturated rings. The van der Waals surface area contributed by atoms with Crippen molar-refractivity contribution in [2.75, 3.05) is 0 Å². The topological polar surface area (TPSA) is 0 Å². The highest BCUT2D eigenvalue weighted by Crippen LogP contribution is 2.10. The molecular formula is C18H18Cl2. The SMILES string of the molecule is ClCc1ccc(CC=CCc2ccc(CCl)cc2)cc1. The molecule has 0 spiro atoms. The van der Waals surface area contributed by atoms with Gasteiger partial charge in [-0.2, -0.15) is 0 Å². The highest BCUT2D eigenvalue weighted by atomic mass is 35.5. The summed E-state index contributed by atoms with van der Waals surface area (Å²) in [4.78, 5) is 0. The molecule has 0 aromatic heterocycles. The quantitative estimate of drug-likeness (QED) is 0.488. The fourth-order valence-corrected chi connectivity index (χ4v) is 2.32. The molecule has 0 aliphatic rings. The van der Waals surface area contributed by atoms with Crippen molar-refractivity contribution in [3.63, 3.8) is 0 Å². The zero-order valence-corrected chi connectivity index (χ0v) is 12.9. The van der Waals surface area contributed by atoms with E-state index in [0.717, 1.165) is 12.8 Å². The molecule has 0 nitrogen and oxygen atoms in total. The maximum Gasteiger partial charge on any atom is 0.0474 e. The molecular weight excluding hydrogens is 287 g/mol. The summed E-state index contributed by atoms with van der Waals surface area (Å²) in [7, 11) is 0. The van der Waals surface area contributed by atoms with Crippen LogP contribution in [0.15, 0.2) is 60.7 Å². The number of hydrogen-bond donors (Lipinski definition) is 0. The lowest BCUT2D eigenvalue weighted by Gasteiger charge is -2.00. The number of halogens is 2. The number of rotatable bonds is 6. The van der Waals surface area contributed by atoms with Crippen molar-refractivity contribution in [2.45, 2.75) is 24.6 Å². The van der Waals surface area contributed by atoms with Gasteiger partial charge in [0.15, 0.2) is 0 Å². The van der Waals surface area contributed by atoms with E-state index < -0.39 is 0 Å². The molecule has 0 radical (unpaired) electrons. The Bertz CT molecular complexity index is 487. The van der Waals surface area contributed by atoms with E-state index in [1.807, 2.05) is 0 Å². The molecule has 2 aromatic carbocycles. The Balaban J connectivity index is 1.83. The average molecular weight is 305 g/mol. The Morgan fingerprint density at radius 1 is 0.550 bits per heavy atom. The molecule has 2 heteroatoms. The second-order valence-electron chi connectivity index (χ2n) is 4.78. The van der Waals surface area contributed by atoms with Crippen LogP contribution in [0.2, 0.25) is 0 Å². The van der Waals surface area contributed by atoms with E-state index in [-0.39, 0.29) is 0 Å². The molecule has 0 aliphatic carbocycles. The summed E-state index contributed by atoms with van der Waals surface area (Å²) in [6.07, 6.45) is 6.35. The van der Waals surface area contributed by atoms with Crippen LogP contribution < -0.4 is 0 Å². The molecule has 0 amide bonds. The van der Waals surface area contributed by atoms with Crippen molar-refractivity contribution in [3.8, 4) is 0 Å². The van der Waals surface area contributed by atoms with E-state index in [2.05, 4.69) is 60.7 Å². The first kappa shape index (κ1) is 15.2. The van der Waals surface area contributed by atoms with Crippen LogP contribution in [-0.2, 0) is 24.6 Å². The largest absolute Gasteiger partial charge is 0.122 e. The summed E-state index contributed by atoms with van der Waals surface area (Å²) in [6, 6.07) is 16.9. The highest BCUT2D eigenvalue weighted by molar-refractivity contribution is 6.17. The van der Waals surface area contributed by atoms with Crippen molar-refractivity contribution in [1.82, 2.24) is 0 Å². The second-order valence-corrected chi connectivity index (χ2v) is 5.31. The fourth-order valence-electron chi connectivity index (χ4n) is 1.97. The third-order valence-electron chi connectivity index (χ3n) is 3.23. The van der Waals surface area contributed by atoms with Gasteiger partial charge in [-0.05, 0) is 35.1 Å². The van der Waals surface area contributed by atoms with Gasteiger partial charge in [-0.3, -0.25) is 0 Å². The van der Waals surface area contributed by atoms with Crippen LogP contribution >= 0.6 is 23.2 Å². The molecule has 0 atom stereocenters. The summed E-state index contributed by atoms with van der Waals surface area (Å²) in [6.45, 7) is 0. The first-order valence-electron chi connectivity index (χ1n) is 6.74. The van der Waals surface area contributed by atoms with Crippen LogP contribution in [0.5, 0.6) is 0 Å². The maximum atomic E-state index is 5.77. The monoisotopic (exact) mass is 304 g/mol. The minimum atomic E-state index is 0.578. The van der Waals surface area contributed by atoms with E-state index in [0.29, 0.717) is 11.8 Å². The molecule has 0 N–H and O–H groups in total. The summed E-state index contributed by atoms with van der Waals surface area (Å²) < 4.78 is 0. The van der Waals surface area contributed by atoms with Gasteiger partial charge < -0.3 is 0 Å². The third-order valence-corrected chi connectivity index (χ3v) is 3.85. The number of alkyl halides is 2. The summed E-state index contributed by atoms with van der Waals surface area (Å²) in [5.74, 6) is 1.16. The molecule has 104 valence electrons. The van der Waals surface area contributed by atoms with Gasteiger partial charge in [0, 0.05) is 11.8 Å². The van der Waals surface area contributed by atoms with E-state index in [1.54, 1.807) is 0 Å². The maximum absolute atomic E-state index is 5.77. The molecule has 0 bridgehead atoms. The molecule has 0 saturated heterocycles. The van der Waals surface area contributed by atoms with E-state index in [9.17, 15) is 0 Å². The van der Waals surface area contributed by atoms with Crippen LogP contribution in [0.3, 0.4) is 0 Å². The predicted molar refractivity (Wildman–Crippen MR) is 88.5 cm³/mol. The zero-order chi connectivity index (χ0) is 14.2. The van der Waals surface area contributed by atoms with E-state index in [1.165, 1.54) is 22.3 Å². The molecule has 0 heterocycles. The van der Waals surface area contributed by atoms with Crippen molar-refractivity contribution >= 4 is 23.2 Å². The van der Waals surface area contributed by atoms with Crippen molar-refractivity contribution in [1.29, 1.82) is 0 Å². The number of benzene rings is 2. The number of hydrogen-bond acceptors (Lipinski definition) is 0. The van der Waals surface area contributed by atoms with Gasteiger partial charge in [-0.15, -0.1) is 23.2 Å².